The molecular weight excluding hydrogens is 304 g/mol. The largest absolute Gasteiger partial charge is 0.495 e. The summed E-state index contributed by atoms with van der Waals surface area (Å²) in [5, 5.41) is 0. The fraction of sp³-hybridized carbons (Fsp3) is 0.647. The number of halogens is 3. The Kier molecular flexibility index (Phi) is 3.66. The Hall–Kier alpha value is -1.01. The van der Waals surface area contributed by atoms with Crippen molar-refractivity contribution in [2.45, 2.75) is 70.8 Å². The SMILES string of the molecule is Cc1cc(B2OC(C)(C)C(C)(C)O2)c(C(F)(F)F)cc1C1CC1. The highest BCUT2D eigenvalue weighted by Gasteiger charge is 2.53. The van der Waals surface area contributed by atoms with Crippen LogP contribution in [0.15, 0.2) is 12.1 Å². The topological polar surface area (TPSA) is 18.5 Å². The fourth-order valence-electron chi connectivity index (χ4n) is 2.99. The zero-order chi connectivity index (χ0) is 17.2. The van der Waals surface area contributed by atoms with Crippen LogP contribution in [0.25, 0.3) is 0 Å². The van der Waals surface area contributed by atoms with Gasteiger partial charge < -0.3 is 9.31 Å². The number of aryl methyl sites for hydroxylation is 1. The number of rotatable bonds is 2. The molecule has 0 amide bonds. The van der Waals surface area contributed by atoms with E-state index in [4.69, 9.17) is 9.31 Å². The molecule has 3 rings (SSSR count). The van der Waals surface area contributed by atoms with Gasteiger partial charge in [-0.1, -0.05) is 6.07 Å². The van der Waals surface area contributed by atoms with E-state index in [9.17, 15) is 13.2 Å². The van der Waals surface area contributed by atoms with Crippen LogP contribution < -0.4 is 5.46 Å². The van der Waals surface area contributed by atoms with E-state index in [1.807, 2.05) is 34.6 Å². The maximum atomic E-state index is 13.6. The van der Waals surface area contributed by atoms with Crippen molar-refractivity contribution in [1.82, 2.24) is 0 Å². The molecular formula is C17H22BF3O2. The van der Waals surface area contributed by atoms with E-state index in [1.165, 1.54) is 6.07 Å². The summed E-state index contributed by atoms with van der Waals surface area (Å²) in [5.74, 6) is 0.267. The van der Waals surface area contributed by atoms with Crippen molar-refractivity contribution in [3.8, 4) is 0 Å². The monoisotopic (exact) mass is 326 g/mol. The molecule has 0 N–H and O–H groups in total. The summed E-state index contributed by atoms with van der Waals surface area (Å²) in [6, 6.07) is 2.89. The van der Waals surface area contributed by atoms with Gasteiger partial charge in [0.1, 0.15) is 0 Å². The lowest BCUT2D eigenvalue weighted by Crippen LogP contribution is -2.41. The second-order valence-corrected chi connectivity index (χ2v) is 7.66. The van der Waals surface area contributed by atoms with E-state index in [1.54, 1.807) is 6.07 Å². The molecule has 0 spiro atoms. The molecule has 1 aromatic rings. The second kappa shape index (κ2) is 4.99. The summed E-state index contributed by atoms with van der Waals surface area (Å²) in [4.78, 5) is 0. The molecule has 1 saturated heterocycles. The summed E-state index contributed by atoms with van der Waals surface area (Å²) < 4.78 is 52.4. The zero-order valence-corrected chi connectivity index (χ0v) is 14.2. The molecule has 1 heterocycles. The van der Waals surface area contributed by atoms with Gasteiger partial charge in [0.15, 0.2) is 0 Å². The number of benzene rings is 1. The lowest BCUT2D eigenvalue weighted by atomic mass is 9.74. The predicted molar refractivity (Wildman–Crippen MR) is 83.9 cm³/mol. The summed E-state index contributed by atoms with van der Waals surface area (Å²) in [7, 11) is -0.997. The average molecular weight is 326 g/mol. The van der Waals surface area contributed by atoms with Crippen LogP contribution in [0.2, 0.25) is 0 Å². The standard InChI is InChI=1S/C17H22BF3O2/c1-10-8-14(18-22-15(2,3)16(4,5)23-18)13(17(19,20)21)9-12(10)11-6-7-11/h8-9,11H,6-7H2,1-5H3. The van der Waals surface area contributed by atoms with Crippen LogP contribution >= 0.6 is 0 Å². The minimum Gasteiger partial charge on any atom is -0.399 e. The Morgan fingerprint density at radius 3 is 2.00 bits per heavy atom. The van der Waals surface area contributed by atoms with E-state index < -0.39 is 30.1 Å². The summed E-state index contributed by atoms with van der Waals surface area (Å²) in [6.07, 6.45) is -2.49. The Balaban J connectivity index is 2.07. The van der Waals surface area contributed by atoms with Crippen molar-refractivity contribution < 1.29 is 22.5 Å². The van der Waals surface area contributed by atoms with Crippen LogP contribution in [0.4, 0.5) is 13.2 Å². The minimum atomic E-state index is -4.42. The zero-order valence-electron chi connectivity index (χ0n) is 14.2. The number of hydrogen-bond donors (Lipinski definition) is 0. The van der Waals surface area contributed by atoms with Crippen molar-refractivity contribution in [3.63, 3.8) is 0 Å². The van der Waals surface area contributed by atoms with Gasteiger partial charge in [-0.15, -0.1) is 0 Å². The van der Waals surface area contributed by atoms with Crippen LogP contribution in [0.3, 0.4) is 0 Å². The first kappa shape index (κ1) is 16.8. The van der Waals surface area contributed by atoms with Crippen LogP contribution in [-0.4, -0.2) is 18.3 Å². The van der Waals surface area contributed by atoms with Gasteiger partial charge >= 0.3 is 13.3 Å². The molecule has 1 aromatic carbocycles. The molecule has 0 bridgehead atoms. The molecule has 2 fully saturated rings. The first-order chi connectivity index (χ1) is 10.4. The average Bonchev–Trinajstić information content (AvgIpc) is 3.16. The van der Waals surface area contributed by atoms with Crippen LogP contribution in [-0.2, 0) is 15.5 Å². The summed E-state index contributed by atoms with van der Waals surface area (Å²) in [6.45, 7) is 9.22. The number of alkyl halides is 3. The first-order valence-corrected chi connectivity index (χ1v) is 8.00. The van der Waals surface area contributed by atoms with Gasteiger partial charge in [0.05, 0.1) is 16.8 Å². The highest BCUT2D eigenvalue weighted by atomic mass is 19.4. The molecule has 1 aliphatic heterocycles. The Labute approximate surface area is 135 Å². The fourth-order valence-corrected chi connectivity index (χ4v) is 2.99. The minimum absolute atomic E-state index is 0.0815. The van der Waals surface area contributed by atoms with E-state index in [0.717, 1.165) is 24.0 Å². The Morgan fingerprint density at radius 1 is 1.04 bits per heavy atom. The van der Waals surface area contributed by atoms with Crippen LogP contribution in [0, 0.1) is 6.92 Å². The summed E-state index contributed by atoms with van der Waals surface area (Å²) >= 11 is 0. The van der Waals surface area contributed by atoms with Crippen molar-refractivity contribution in [2.75, 3.05) is 0 Å². The molecule has 1 saturated carbocycles. The highest BCUT2D eigenvalue weighted by molar-refractivity contribution is 6.62. The third kappa shape index (κ3) is 2.91. The third-order valence-electron chi connectivity index (χ3n) is 5.27. The van der Waals surface area contributed by atoms with Crippen LogP contribution in [0.1, 0.15) is 63.1 Å². The molecule has 0 atom stereocenters. The Morgan fingerprint density at radius 2 is 1.57 bits per heavy atom. The van der Waals surface area contributed by atoms with E-state index in [0.29, 0.717) is 0 Å². The molecule has 2 aliphatic rings. The maximum Gasteiger partial charge on any atom is 0.495 e. The molecule has 0 aromatic heterocycles. The van der Waals surface area contributed by atoms with Crippen LogP contribution in [0.5, 0.6) is 0 Å². The smallest absolute Gasteiger partial charge is 0.399 e. The lowest BCUT2D eigenvalue weighted by molar-refractivity contribution is -0.136. The molecule has 23 heavy (non-hydrogen) atoms. The van der Waals surface area contributed by atoms with Gasteiger partial charge in [0, 0.05) is 0 Å². The predicted octanol–water partition coefficient (Wildman–Crippen LogP) is 4.19. The van der Waals surface area contributed by atoms with Crippen molar-refractivity contribution in [3.05, 3.63) is 28.8 Å². The van der Waals surface area contributed by atoms with E-state index in [2.05, 4.69) is 0 Å². The van der Waals surface area contributed by atoms with E-state index >= 15 is 0 Å². The Bertz CT molecular complexity index is 617. The van der Waals surface area contributed by atoms with Gasteiger partial charge in [-0.25, -0.2) is 0 Å². The van der Waals surface area contributed by atoms with Crippen molar-refractivity contribution in [2.24, 2.45) is 0 Å². The first-order valence-electron chi connectivity index (χ1n) is 8.00. The molecule has 0 radical (unpaired) electrons. The normalized spacial score (nSPS) is 23.4. The quantitative estimate of drug-likeness (QED) is 0.759. The van der Waals surface area contributed by atoms with Gasteiger partial charge in [-0.2, -0.15) is 13.2 Å². The molecule has 126 valence electrons. The molecule has 6 heteroatoms. The second-order valence-electron chi connectivity index (χ2n) is 7.66. The molecule has 2 nitrogen and oxygen atoms in total. The maximum absolute atomic E-state index is 13.6. The van der Waals surface area contributed by atoms with Gasteiger partial charge in [-0.05, 0) is 76.0 Å². The summed E-state index contributed by atoms with van der Waals surface area (Å²) in [5.41, 5.74) is -0.197. The van der Waals surface area contributed by atoms with Crippen molar-refractivity contribution in [1.29, 1.82) is 0 Å². The van der Waals surface area contributed by atoms with Gasteiger partial charge in [0.2, 0.25) is 0 Å². The van der Waals surface area contributed by atoms with Gasteiger partial charge in [0.25, 0.3) is 0 Å². The van der Waals surface area contributed by atoms with Crippen molar-refractivity contribution >= 4 is 12.6 Å². The lowest BCUT2D eigenvalue weighted by Gasteiger charge is -2.32. The highest BCUT2D eigenvalue weighted by Crippen LogP contribution is 2.44. The third-order valence-corrected chi connectivity index (χ3v) is 5.27. The number of hydrogen-bond acceptors (Lipinski definition) is 2. The molecule has 1 aliphatic carbocycles. The van der Waals surface area contributed by atoms with Gasteiger partial charge in [-0.3, -0.25) is 0 Å². The molecule has 0 unspecified atom stereocenters. The van der Waals surface area contributed by atoms with E-state index in [-0.39, 0.29) is 11.4 Å².